The molecule has 0 amide bonds. The Labute approximate surface area is 89.6 Å². The van der Waals surface area contributed by atoms with Gasteiger partial charge in [0.2, 0.25) is 0 Å². The fourth-order valence-electron chi connectivity index (χ4n) is 2.26. The molecule has 0 spiro atoms. The number of hydrogen-bond acceptors (Lipinski definition) is 3. The topological polar surface area (TPSA) is 56.2 Å². The van der Waals surface area contributed by atoms with Gasteiger partial charge >= 0.3 is 0 Å². The maximum absolute atomic E-state index is 11.9. The molecular weight excluding hydrogens is 190 g/mol. The highest BCUT2D eigenvalue weighted by molar-refractivity contribution is 5.83. The molecule has 0 radical (unpaired) electrons. The van der Waals surface area contributed by atoms with E-state index in [2.05, 4.69) is 0 Å². The van der Waals surface area contributed by atoms with Crippen LogP contribution >= 0.6 is 0 Å². The maximum Gasteiger partial charge on any atom is 0.140 e. The van der Waals surface area contributed by atoms with Gasteiger partial charge in [0.25, 0.3) is 0 Å². The molecule has 0 saturated heterocycles. The molecule has 2 unspecified atom stereocenters. The number of carbonyl (C=O) groups excluding carboxylic acids is 1. The van der Waals surface area contributed by atoms with Gasteiger partial charge in [-0.3, -0.25) is 4.79 Å². The average Bonchev–Trinajstić information content (AvgIpc) is 2.70. The number of nitrogens with two attached hydrogens (primary N) is 1. The fourth-order valence-corrected chi connectivity index (χ4v) is 2.26. The second-order valence-corrected chi connectivity index (χ2v) is 4.40. The number of Topliss-reactive ketones (excluding diaryl/α,β-unsaturated/α-hetero) is 1. The molecule has 1 heterocycles. The van der Waals surface area contributed by atoms with E-state index < -0.39 is 0 Å². The molecule has 2 N–H and O–H groups in total. The van der Waals surface area contributed by atoms with E-state index in [1.54, 1.807) is 12.5 Å². The van der Waals surface area contributed by atoms with E-state index in [9.17, 15) is 4.79 Å². The van der Waals surface area contributed by atoms with Gasteiger partial charge in [-0.2, -0.15) is 0 Å². The Morgan fingerprint density at radius 1 is 1.53 bits per heavy atom. The van der Waals surface area contributed by atoms with Gasteiger partial charge < -0.3 is 10.2 Å². The smallest absolute Gasteiger partial charge is 0.140 e. The van der Waals surface area contributed by atoms with Crippen molar-refractivity contribution < 1.29 is 9.21 Å². The Kier molecular flexibility index (Phi) is 3.21. The van der Waals surface area contributed by atoms with Crippen LogP contribution in [0.25, 0.3) is 0 Å². The zero-order valence-electron chi connectivity index (χ0n) is 8.82. The molecule has 0 bridgehead atoms. The van der Waals surface area contributed by atoms with Crippen LogP contribution in [0.5, 0.6) is 0 Å². The third-order valence-corrected chi connectivity index (χ3v) is 3.13. The van der Waals surface area contributed by atoms with Gasteiger partial charge in [-0.15, -0.1) is 0 Å². The van der Waals surface area contributed by atoms with E-state index in [0.29, 0.717) is 12.2 Å². The molecule has 2 rings (SSSR count). The molecule has 1 fully saturated rings. The van der Waals surface area contributed by atoms with Crippen LogP contribution in [0.2, 0.25) is 0 Å². The molecule has 2 atom stereocenters. The predicted molar refractivity (Wildman–Crippen MR) is 57.4 cm³/mol. The SMILES string of the molecule is NC1CCCC(C(=O)Cc2ccoc2)C1. The molecule has 15 heavy (non-hydrogen) atoms. The van der Waals surface area contributed by atoms with E-state index in [0.717, 1.165) is 31.2 Å². The summed E-state index contributed by atoms with van der Waals surface area (Å²) in [5, 5.41) is 0. The van der Waals surface area contributed by atoms with Crippen LogP contribution in [0.3, 0.4) is 0 Å². The largest absolute Gasteiger partial charge is 0.472 e. The van der Waals surface area contributed by atoms with Gasteiger partial charge in [0.05, 0.1) is 12.5 Å². The Morgan fingerprint density at radius 3 is 3.07 bits per heavy atom. The second kappa shape index (κ2) is 4.62. The maximum atomic E-state index is 11.9. The second-order valence-electron chi connectivity index (χ2n) is 4.40. The van der Waals surface area contributed by atoms with Crippen molar-refractivity contribution in [3.63, 3.8) is 0 Å². The molecule has 1 aliphatic carbocycles. The van der Waals surface area contributed by atoms with Gasteiger partial charge in [0.15, 0.2) is 0 Å². The van der Waals surface area contributed by atoms with E-state index in [4.69, 9.17) is 10.2 Å². The molecule has 1 aromatic rings. The molecule has 1 aromatic heterocycles. The Morgan fingerprint density at radius 2 is 2.40 bits per heavy atom. The zero-order chi connectivity index (χ0) is 10.7. The summed E-state index contributed by atoms with van der Waals surface area (Å²) in [6, 6.07) is 2.07. The van der Waals surface area contributed by atoms with Crippen molar-refractivity contribution in [1.29, 1.82) is 0 Å². The van der Waals surface area contributed by atoms with Gasteiger partial charge in [0, 0.05) is 18.4 Å². The summed E-state index contributed by atoms with van der Waals surface area (Å²) in [6.07, 6.45) is 7.75. The predicted octanol–water partition coefficient (Wildman–Crippen LogP) is 1.91. The molecular formula is C12H17NO2. The van der Waals surface area contributed by atoms with Crippen molar-refractivity contribution in [3.05, 3.63) is 24.2 Å². The van der Waals surface area contributed by atoms with Crippen LogP contribution in [0.4, 0.5) is 0 Å². The fraction of sp³-hybridized carbons (Fsp3) is 0.583. The zero-order valence-corrected chi connectivity index (χ0v) is 8.82. The monoisotopic (exact) mass is 207 g/mol. The first-order chi connectivity index (χ1) is 7.25. The highest BCUT2D eigenvalue weighted by Crippen LogP contribution is 2.25. The van der Waals surface area contributed by atoms with Crippen LogP contribution in [0, 0.1) is 5.92 Å². The minimum atomic E-state index is 0.170. The molecule has 3 heteroatoms. The van der Waals surface area contributed by atoms with Crippen molar-refractivity contribution in [1.82, 2.24) is 0 Å². The van der Waals surface area contributed by atoms with Gasteiger partial charge in [-0.1, -0.05) is 6.42 Å². The summed E-state index contributed by atoms with van der Waals surface area (Å²) < 4.78 is 4.95. The average molecular weight is 207 g/mol. The van der Waals surface area contributed by atoms with Crippen LogP contribution in [-0.2, 0) is 11.2 Å². The van der Waals surface area contributed by atoms with Gasteiger partial charge in [-0.05, 0) is 30.9 Å². The normalized spacial score (nSPS) is 26.5. The Hall–Kier alpha value is -1.09. The van der Waals surface area contributed by atoms with Gasteiger partial charge in [-0.25, -0.2) is 0 Å². The Balaban J connectivity index is 1.90. The number of ketones is 1. The number of rotatable bonds is 3. The van der Waals surface area contributed by atoms with Crippen molar-refractivity contribution in [2.75, 3.05) is 0 Å². The first-order valence-electron chi connectivity index (χ1n) is 5.55. The molecule has 82 valence electrons. The third-order valence-electron chi connectivity index (χ3n) is 3.13. The summed E-state index contributed by atoms with van der Waals surface area (Å²) in [5.41, 5.74) is 6.84. The lowest BCUT2D eigenvalue weighted by Crippen LogP contribution is -2.32. The number of hydrogen-bond donors (Lipinski definition) is 1. The highest BCUT2D eigenvalue weighted by Gasteiger charge is 2.25. The van der Waals surface area contributed by atoms with E-state index >= 15 is 0 Å². The van der Waals surface area contributed by atoms with Crippen LogP contribution in [0.1, 0.15) is 31.2 Å². The van der Waals surface area contributed by atoms with Crippen molar-refractivity contribution in [2.24, 2.45) is 11.7 Å². The van der Waals surface area contributed by atoms with E-state index in [1.807, 2.05) is 6.07 Å². The first kappa shape index (κ1) is 10.4. The lowest BCUT2D eigenvalue weighted by atomic mass is 9.82. The van der Waals surface area contributed by atoms with Crippen LogP contribution in [0.15, 0.2) is 23.0 Å². The summed E-state index contributed by atoms with van der Waals surface area (Å²) >= 11 is 0. The number of carbonyl (C=O) groups is 1. The molecule has 1 saturated carbocycles. The first-order valence-corrected chi connectivity index (χ1v) is 5.55. The van der Waals surface area contributed by atoms with Crippen molar-refractivity contribution in [2.45, 2.75) is 38.1 Å². The molecule has 3 nitrogen and oxygen atoms in total. The molecule has 0 aromatic carbocycles. The molecule has 0 aliphatic heterocycles. The third kappa shape index (κ3) is 2.69. The summed E-state index contributed by atoms with van der Waals surface area (Å²) in [6.45, 7) is 0. The lowest BCUT2D eigenvalue weighted by Gasteiger charge is -2.25. The highest BCUT2D eigenvalue weighted by atomic mass is 16.3. The van der Waals surface area contributed by atoms with Crippen molar-refractivity contribution >= 4 is 5.78 Å². The van der Waals surface area contributed by atoms with Gasteiger partial charge in [0.1, 0.15) is 5.78 Å². The minimum Gasteiger partial charge on any atom is -0.472 e. The summed E-state index contributed by atoms with van der Waals surface area (Å²) in [4.78, 5) is 11.9. The van der Waals surface area contributed by atoms with Crippen molar-refractivity contribution in [3.8, 4) is 0 Å². The standard InChI is InChI=1S/C12H17NO2/c13-11-3-1-2-10(7-11)12(14)6-9-4-5-15-8-9/h4-5,8,10-11H,1-3,6-7,13H2. The number of furan rings is 1. The minimum absolute atomic E-state index is 0.170. The van der Waals surface area contributed by atoms with Crippen LogP contribution < -0.4 is 5.73 Å². The van der Waals surface area contributed by atoms with Crippen LogP contribution in [-0.4, -0.2) is 11.8 Å². The van der Waals surface area contributed by atoms with E-state index in [1.165, 1.54) is 0 Å². The Bertz CT molecular complexity index is 318. The molecule has 1 aliphatic rings. The van der Waals surface area contributed by atoms with E-state index in [-0.39, 0.29) is 12.0 Å². The quantitative estimate of drug-likeness (QED) is 0.823. The lowest BCUT2D eigenvalue weighted by molar-refractivity contribution is -0.123. The summed E-state index contributed by atoms with van der Waals surface area (Å²) in [7, 11) is 0. The summed E-state index contributed by atoms with van der Waals surface area (Å²) in [5.74, 6) is 0.482.